The van der Waals surface area contributed by atoms with Gasteiger partial charge in [-0.1, -0.05) is 42.5 Å². The van der Waals surface area contributed by atoms with Gasteiger partial charge in [-0.2, -0.15) is 13.2 Å². The number of amides is 1. The second kappa shape index (κ2) is 7.96. The van der Waals surface area contributed by atoms with E-state index < -0.39 is 35.1 Å². The van der Waals surface area contributed by atoms with Crippen molar-refractivity contribution in [3.8, 4) is 0 Å². The molecule has 0 saturated carbocycles. The number of benzene rings is 2. The number of carbonyl (C=O) groups is 3. The van der Waals surface area contributed by atoms with Crippen LogP contribution < -0.4 is 0 Å². The second-order valence-corrected chi connectivity index (χ2v) is 6.73. The van der Waals surface area contributed by atoms with E-state index >= 15 is 0 Å². The fourth-order valence-electron chi connectivity index (χ4n) is 3.32. The first-order valence-electron chi connectivity index (χ1n) is 8.87. The molecule has 3 rings (SSSR count). The largest absolute Gasteiger partial charge is 0.416 e. The number of hydrogen-bond donors (Lipinski definition) is 0. The molecular formula is C21H18F3NO3. The van der Waals surface area contributed by atoms with E-state index in [0.29, 0.717) is 19.4 Å². The van der Waals surface area contributed by atoms with Crippen molar-refractivity contribution in [2.45, 2.75) is 19.0 Å². The van der Waals surface area contributed by atoms with Gasteiger partial charge in [-0.15, -0.1) is 0 Å². The van der Waals surface area contributed by atoms with Gasteiger partial charge in [-0.25, -0.2) is 0 Å². The van der Waals surface area contributed by atoms with Gasteiger partial charge >= 0.3 is 6.18 Å². The first-order chi connectivity index (χ1) is 13.3. The van der Waals surface area contributed by atoms with Gasteiger partial charge in [0, 0.05) is 30.1 Å². The normalized spacial score (nSPS) is 17.2. The maximum Gasteiger partial charge on any atom is 0.416 e. The van der Waals surface area contributed by atoms with Crippen LogP contribution >= 0.6 is 0 Å². The highest BCUT2D eigenvalue weighted by Crippen LogP contribution is 2.30. The Morgan fingerprint density at radius 3 is 2.29 bits per heavy atom. The predicted octanol–water partition coefficient (Wildman–Crippen LogP) is 4.01. The Morgan fingerprint density at radius 1 is 0.929 bits per heavy atom. The van der Waals surface area contributed by atoms with Crippen LogP contribution in [0.3, 0.4) is 0 Å². The molecule has 4 nitrogen and oxygen atoms in total. The molecule has 1 fully saturated rings. The molecule has 1 saturated heterocycles. The first kappa shape index (κ1) is 19.8. The number of hydrogen-bond acceptors (Lipinski definition) is 3. The second-order valence-electron chi connectivity index (χ2n) is 6.73. The van der Waals surface area contributed by atoms with E-state index in [1.165, 1.54) is 29.2 Å². The van der Waals surface area contributed by atoms with Crippen LogP contribution in [-0.4, -0.2) is 35.5 Å². The number of ketones is 2. The van der Waals surface area contributed by atoms with Crippen molar-refractivity contribution >= 4 is 17.5 Å². The maximum atomic E-state index is 12.9. The van der Waals surface area contributed by atoms with Gasteiger partial charge in [-0.05, 0) is 25.0 Å². The topological polar surface area (TPSA) is 54.5 Å². The Bertz CT molecular complexity index is 893. The number of carbonyl (C=O) groups excluding carboxylic acids is 3. The Hall–Kier alpha value is -2.96. The lowest BCUT2D eigenvalue weighted by atomic mass is 9.89. The van der Waals surface area contributed by atoms with Crippen molar-refractivity contribution in [1.82, 2.24) is 4.90 Å². The zero-order valence-electron chi connectivity index (χ0n) is 14.9. The number of piperidine rings is 1. The summed E-state index contributed by atoms with van der Waals surface area (Å²) in [5, 5.41) is 0. The van der Waals surface area contributed by atoms with Crippen LogP contribution in [0.1, 0.15) is 39.1 Å². The van der Waals surface area contributed by atoms with Crippen LogP contribution in [0, 0.1) is 5.92 Å². The van der Waals surface area contributed by atoms with Crippen LogP contribution in [0.5, 0.6) is 0 Å². The molecule has 0 radical (unpaired) electrons. The van der Waals surface area contributed by atoms with E-state index in [-0.39, 0.29) is 17.7 Å². The summed E-state index contributed by atoms with van der Waals surface area (Å²) in [5.41, 5.74) is -0.663. The van der Waals surface area contributed by atoms with Crippen LogP contribution in [0.2, 0.25) is 0 Å². The average Bonchev–Trinajstić information content (AvgIpc) is 2.72. The number of nitrogens with zero attached hydrogens (tertiary/aromatic N) is 1. The average molecular weight is 389 g/mol. The summed E-state index contributed by atoms with van der Waals surface area (Å²) >= 11 is 0. The highest BCUT2D eigenvalue weighted by atomic mass is 19.4. The minimum atomic E-state index is -4.53. The van der Waals surface area contributed by atoms with Crippen LogP contribution in [0.25, 0.3) is 0 Å². The smallest absolute Gasteiger partial charge is 0.335 e. The molecular weight excluding hydrogens is 371 g/mol. The van der Waals surface area contributed by atoms with E-state index in [0.717, 1.165) is 12.1 Å². The van der Waals surface area contributed by atoms with Crippen LogP contribution in [-0.2, 0) is 11.0 Å². The number of alkyl halides is 3. The minimum Gasteiger partial charge on any atom is -0.335 e. The summed E-state index contributed by atoms with van der Waals surface area (Å²) in [7, 11) is 0. The first-order valence-corrected chi connectivity index (χ1v) is 8.87. The Balaban J connectivity index is 1.73. The monoisotopic (exact) mass is 389 g/mol. The van der Waals surface area contributed by atoms with E-state index in [1.807, 2.05) is 0 Å². The highest BCUT2D eigenvalue weighted by molar-refractivity contribution is 6.42. The van der Waals surface area contributed by atoms with Gasteiger partial charge in [0.25, 0.3) is 5.91 Å². The van der Waals surface area contributed by atoms with Gasteiger partial charge in [0.15, 0.2) is 5.78 Å². The third-order valence-corrected chi connectivity index (χ3v) is 4.78. The number of halogens is 3. The molecule has 1 atom stereocenters. The Morgan fingerprint density at radius 2 is 1.61 bits per heavy atom. The van der Waals surface area contributed by atoms with Gasteiger partial charge in [0.1, 0.15) is 0 Å². The van der Waals surface area contributed by atoms with E-state index in [9.17, 15) is 27.6 Å². The molecule has 7 heteroatoms. The molecule has 2 aromatic rings. The fraction of sp³-hybridized carbons (Fsp3) is 0.286. The third-order valence-electron chi connectivity index (χ3n) is 4.78. The summed E-state index contributed by atoms with van der Waals surface area (Å²) < 4.78 is 38.7. The van der Waals surface area contributed by atoms with Crippen molar-refractivity contribution in [1.29, 1.82) is 0 Å². The van der Waals surface area contributed by atoms with E-state index in [2.05, 4.69) is 0 Å². The summed E-state index contributed by atoms with van der Waals surface area (Å²) in [4.78, 5) is 38.9. The molecule has 1 amide bonds. The molecule has 0 N–H and O–H groups in total. The van der Waals surface area contributed by atoms with Crippen LogP contribution in [0.4, 0.5) is 13.2 Å². The number of rotatable bonds is 4. The van der Waals surface area contributed by atoms with Gasteiger partial charge < -0.3 is 4.90 Å². The van der Waals surface area contributed by atoms with E-state index in [1.54, 1.807) is 18.2 Å². The summed E-state index contributed by atoms with van der Waals surface area (Å²) in [6.45, 7) is 0.357. The zero-order valence-corrected chi connectivity index (χ0v) is 14.9. The van der Waals surface area contributed by atoms with Crippen molar-refractivity contribution in [2.24, 2.45) is 5.92 Å². The maximum absolute atomic E-state index is 12.9. The standard InChI is InChI=1S/C21H18F3NO3/c22-21(23,24)17-10-4-8-15(12-17)18(26)16-9-5-11-25(13-16)20(28)19(27)14-6-2-1-3-7-14/h1-4,6-8,10,12,16H,5,9,11,13H2/t16-/m0/s1. The predicted molar refractivity (Wildman–Crippen MR) is 95.9 cm³/mol. The fourth-order valence-corrected chi connectivity index (χ4v) is 3.32. The molecule has 0 bridgehead atoms. The Labute approximate surface area is 160 Å². The lowest BCUT2D eigenvalue weighted by Gasteiger charge is -2.31. The molecule has 0 unspecified atom stereocenters. The molecule has 1 heterocycles. The summed E-state index contributed by atoms with van der Waals surface area (Å²) in [6, 6.07) is 12.4. The molecule has 1 aliphatic rings. The highest BCUT2D eigenvalue weighted by Gasteiger charge is 2.34. The lowest BCUT2D eigenvalue weighted by molar-refractivity contribution is -0.137. The lowest BCUT2D eigenvalue weighted by Crippen LogP contribution is -2.45. The van der Waals surface area contributed by atoms with E-state index in [4.69, 9.17) is 0 Å². The molecule has 1 aliphatic heterocycles. The van der Waals surface area contributed by atoms with Gasteiger partial charge in [-0.3, -0.25) is 14.4 Å². The summed E-state index contributed by atoms with van der Waals surface area (Å²) in [6.07, 6.45) is -3.57. The Kier molecular flexibility index (Phi) is 5.63. The quantitative estimate of drug-likeness (QED) is 0.587. The van der Waals surface area contributed by atoms with Crippen molar-refractivity contribution in [2.75, 3.05) is 13.1 Å². The number of likely N-dealkylation sites (tertiary alicyclic amines) is 1. The molecule has 0 spiro atoms. The molecule has 0 aromatic heterocycles. The SMILES string of the molecule is O=C(C(=O)N1CCC[C@H](C(=O)c2cccc(C(F)(F)F)c2)C1)c1ccccc1. The number of Topliss-reactive ketones (excluding diaryl/α,β-unsaturated/α-hetero) is 2. The van der Waals surface area contributed by atoms with Crippen molar-refractivity contribution in [3.63, 3.8) is 0 Å². The molecule has 2 aromatic carbocycles. The van der Waals surface area contributed by atoms with Crippen molar-refractivity contribution in [3.05, 3.63) is 71.3 Å². The van der Waals surface area contributed by atoms with Gasteiger partial charge in [0.05, 0.1) is 5.56 Å². The third kappa shape index (κ3) is 4.30. The zero-order chi connectivity index (χ0) is 20.3. The van der Waals surface area contributed by atoms with Crippen LogP contribution in [0.15, 0.2) is 54.6 Å². The summed E-state index contributed by atoms with van der Waals surface area (Å²) in [5.74, 6) is -2.44. The van der Waals surface area contributed by atoms with Crippen molar-refractivity contribution < 1.29 is 27.6 Å². The van der Waals surface area contributed by atoms with Gasteiger partial charge in [0.2, 0.25) is 5.78 Å². The molecule has 146 valence electrons. The molecule has 28 heavy (non-hydrogen) atoms. The minimum absolute atomic E-state index is 0.0203. The molecule has 0 aliphatic carbocycles.